The topological polar surface area (TPSA) is 41.1 Å². The summed E-state index contributed by atoms with van der Waals surface area (Å²) in [6.45, 7) is 3.96. The summed E-state index contributed by atoms with van der Waals surface area (Å²) in [5.41, 5.74) is 0.562. The Morgan fingerprint density at radius 2 is 2.15 bits per heavy atom. The van der Waals surface area contributed by atoms with Crippen LogP contribution in [0.4, 0.5) is 5.69 Å². The first-order chi connectivity index (χ1) is 9.57. The molecule has 1 aliphatic rings. The lowest BCUT2D eigenvalue weighted by Gasteiger charge is -2.36. The van der Waals surface area contributed by atoms with E-state index in [2.05, 4.69) is 33.5 Å². The fraction of sp³-hybridized carbons (Fsp3) is 0.533. The number of hydrogen-bond donors (Lipinski definition) is 2. The molecule has 0 spiro atoms. The lowest BCUT2D eigenvalue weighted by molar-refractivity contribution is -0.127. The summed E-state index contributed by atoms with van der Waals surface area (Å²) in [6.07, 6.45) is 3.77. The fourth-order valence-electron chi connectivity index (χ4n) is 2.81. The number of halogens is 2. The lowest BCUT2D eigenvalue weighted by Crippen LogP contribution is -2.44. The van der Waals surface area contributed by atoms with Gasteiger partial charge in [-0.1, -0.05) is 24.9 Å². The van der Waals surface area contributed by atoms with Gasteiger partial charge in [0.15, 0.2) is 0 Å². The minimum absolute atomic E-state index is 0.134. The number of carbonyl (C=O) groups excluding carboxylic acids is 1. The van der Waals surface area contributed by atoms with E-state index in [1.807, 2.05) is 12.1 Å². The average molecular weight is 360 g/mol. The molecule has 1 amide bonds. The van der Waals surface area contributed by atoms with Crippen LogP contribution in [-0.4, -0.2) is 19.0 Å². The number of nitrogens with one attached hydrogen (secondary N) is 2. The molecule has 1 aliphatic heterocycles. The normalized spacial score (nSPS) is 17.8. The predicted molar refractivity (Wildman–Crippen MR) is 87.2 cm³/mol. The van der Waals surface area contributed by atoms with Crippen molar-refractivity contribution < 1.29 is 4.79 Å². The van der Waals surface area contributed by atoms with Gasteiger partial charge in [-0.25, -0.2) is 0 Å². The third-order valence-corrected chi connectivity index (χ3v) is 5.16. The van der Waals surface area contributed by atoms with Gasteiger partial charge in [0, 0.05) is 10.2 Å². The van der Waals surface area contributed by atoms with E-state index in [4.69, 9.17) is 11.6 Å². The Balaban J connectivity index is 2.13. The minimum atomic E-state index is -0.230. The summed E-state index contributed by atoms with van der Waals surface area (Å²) in [6, 6.07) is 5.48. The summed E-state index contributed by atoms with van der Waals surface area (Å²) in [7, 11) is 0. The van der Waals surface area contributed by atoms with Crippen molar-refractivity contribution in [1.29, 1.82) is 0 Å². The highest BCUT2D eigenvalue weighted by molar-refractivity contribution is 9.10. The third-order valence-electron chi connectivity index (χ3n) is 3.95. The molecule has 5 heteroatoms. The standard InChI is InChI=1S/C15H20BrClN2O/c1-2-5-15(6-8-18-9-7-15)14(20)19-11-3-4-13(17)12(16)10-11/h3-4,10,18H,2,5-9H2,1H3,(H,19,20). The highest BCUT2D eigenvalue weighted by Crippen LogP contribution is 2.36. The molecule has 1 fully saturated rings. The van der Waals surface area contributed by atoms with E-state index < -0.39 is 0 Å². The molecule has 110 valence electrons. The number of hydrogen-bond acceptors (Lipinski definition) is 2. The van der Waals surface area contributed by atoms with Crippen LogP contribution in [0.5, 0.6) is 0 Å². The number of carbonyl (C=O) groups is 1. The highest BCUT2D eigenvalue weighted by atomic mass is 79.9. The largest absolute Gasteiger partial charge is 0.326 e. The lowest BCUT2D eigenvalue weighted by atomic mass is 9.74. The Bertz CT molecular complexity index is 481. The summed E-state index contributed by atoms with van der Waals surface area (Å²) in [5, 5.41) is 7.02. The summed E-state index contributed by atoms with van der Waals surface area (Å²) in [4.78, 5) is 12.7. The molecule has 1 aromatic rings. The summed E-state index contributed by atoms with van der Waals surface area (Å²) >= 11 is 9.36. The molecule has 0 unspecified atom stereocenters. The summed E-state index contributed by atoms with van der Waals surface area (Å²) < 4.78 is 0.798. The second-order valence-corrected chi connectivity index (χ2v) is 6.62. The van der Waals surface area contributed by atoms with Crippen molar-refractivity contribution in [2.45, 2.75) is 32.6 Å². The van der Waals surface area contributed by atoms with Crippen molar-refractivity contribution >= 4 is 39.1 Å². The van der Waals surface area contributed by atoms with E-state index in [1.165, 1.54) is 0 Å². The molecular formula is C15H20BrClN2O. The van der Waals surface area contributed by atoms with E-state index in [0.717, 1.165) is 48.9 Å². The van der Waals surface area contributed by atoms with Crippen LogP contribution in [0.1, 0.15) is 32.6 Å². The van der Waals surface area contributed by atoms with Crippen LogP contribution in [-0.2, 0) is 4.79 Å². The van der Waals surface area contributed by atoms with Crippen molar-refractivity contribution in [3.8, 4) is 0 Å². The number of amides is 1. The van der Waals surface area contributed by atoms with Gasteiger partial charge < -0.3 is 10.6 Å². The van der Waals surface area contributed by atoms with Gasteiger partial charge in [0.25, 0.3) is 0 Å². The molecule has 0 saturated carbocycles. The van der Waals surface area contributed by atoms with Crippen LogP contribution in [0.3, 0.4) is 0 Å². The van der Waals surface area contributed by atoms with Crippen LogP contribution in [0.15, 0.2) is 22.7 Å². The third kappa shape index (κ3) is 3.54. The molecule has 0 aromatic heterocycles. The highest BCUT2D eigenvalue weighted by Gasteiger charge is 2.38. The maximum absolute atomic E-state index is 12.7. The van der Waals surface area contributed by atoms with Gasteiger partial charge in [-0.2, -0.15) is 0 Å². The molecule has 2 N–H and O–H groups in total. The number of benzene rings is 1. The van der Waals surface area contributed by atoms with Gasteiger partial charge in [0.2, 0.25) is 5.91 Å². The quantitative estimate of drug-likeness (QED) is 0.845. The molecular weight excluding hydrogens is 340 g/mol. The first-order valence-corrected chi connectivity index (χ1v) is 8.22. The molecule has 3 nitrogen and oxygen atoms in total. The Labute approximate surface area is 133 Å². The van der Waals surface area contributed by atoms with Crippen LogP contribution < -0.4 is 10.6 Å². The Morgan fingerprint density at radius 1 is 1.45 bits per heavy atom. The van der Waals surface area contributed by atoms with E-state index in [1.54, 1.807) is 6.07 Å². The molecule has 20 heavy (non-hydrogen) atoms. The van der Waals surface area contributed by atoms with E-state index in [0.29, 0.717) is 5.02 Å². The van der Waals surface area contributed by atoms with E-state index in [9.17, 15) is 4.79 Å². The van der Waals surface area contributed by atoms with E-state index >= 15 is 0 Å². The maximum Gasteiger partial charge on any atom is 0.230 e. The molecule has 1 heterocycles. The second kappa shape index (κ2) is 6.92. The maximum atomic E-state index is 12.7. The van der Waals surface area contributed by atoms with Gasteiger partial charge in [-0.15, -0.1) is 0 Å². The van der Waals surface area contributed by atoms with Crippen LogP contribution in [0, 0.1) is 5.41 Å². The van der Waals surface area contributed by atoms with Gasteiger partial charge in [-0.3, -0.25) is 4.79 Å². The van der Waals surface area contributed by atoms with Gasteiger partial charge in [0.05, 0.1) is 10.4 Å². The summed E-state index contributed by atoms with van der Waals surface area (Å²) in [5.74, 6) is 0.134. The van der Waals surface area contributed by atoms with E-state index in [-0.39, 0.29) is 11.3 Å². The minimum Gasteiger partial charge on any atom is -0.326 e. The first-order valence-electron chi connectivity index (χ1n) is 7.04. The average Bonchev–Trinajstić information content (AvgIpc) is 2.44. The zero-order valence-corrected chi connectivity index (χ0v) is 14.0. The van der Waals surface area contributed by atoms with Crippen LogP contribution in [0.2, 0.25) is 5.02 Å². The first kappa shape index (κ1) is 15.8. The van der Waals surface area contributed by atoms with Crippen molar-refractivity contribution in [3.05, 3.63) is 27.7 Å². The molecule has 0 atom stereocenters. The van der Waals surface area contributed by atoms with Gasteiger partial charge in [0.1, 0.15) is 0 Å². The molecule has 2 rings (SSSR count). The van der Waals surface area contributed by atoms with Crippen molar-refractivity contribution in [2.75, 3.05) is 18.4 Å². The molecule has 0 aliphatic carbocycles. The fourth-order valence-corrected chi connectivity index (χ4v) is 3.31. The molecule has 1 saturated heterocycles. The van der Waals surface area contributed by atoms with Gasteiger partial charge >= 0.3 is 0 Å². The monoisotopic (exact) mass is 358 g/mol. The van der Waals surface area contributed by atoms with Gasteiger partial charge in [-0.05, 0) is 66.5 Å². The Kier molecular flexibility index (Phi) is 5.47. The van der Waals surface area contributed by atoms with Crippen molar-refractivity contribution in [2.24, 2.45) is 5.41 Å². The molecule has 0 bridgehead atoms. The number of rotatable bonds is 4. The molecule has 0 radical (unpaired) electrons. The smallest absolute Gasteiger partial charge is 0.230 e. The van der Waals surface area contributed by atoms with Crippen LogP contribution >= 0.6 is 27.5 Å². The zero-order valence-electron chi connectivity index (χ0n) is 11.6. The number of anilines is 1. The Morgan fingerprint density at radius 3 is 2.75 bits per heavy atom. The predicted octanol–water partition coefficient (Wildman–Crippen LogP) is 4.21. The zero-order chi connectivity index (χ0) is 14.6. The second-order valence-electron chi connectivity index (χ2n) is 5.36. The van der Waals surface area contributed by atoms with Crippen molar-refractivity contribution in [1.82, 2.24) is 5.32 Å². The molecule has 1 aromatic carbocycles. The van der Waals surface area contributed by atoms with Crippen LogP contribution in [0.25, 0.3) is 0 Å². The Hall–Kier alpha value is -0.580. The SMILES string of the molecule is CCCC1(C(=O)Nc2ccc(Cl)c(Br)c2)CCNCC1. The van der Waals surface area contributed by atoms with Crippen molar-refractivity contribution in [3.63, 3.8) is 0 Å². The number of piperidine rings is 1.